The fourth-order valence-corrected chi connectivity index (χ4v) is 3.52. The van der Waals surface area contributed by atoms with Crippen molar-refractivity contribution in [2.24, 2.45) is 0 Å². The topological polar surface area (TPSA) is 54.0 Å². The molecule has 0 bridgehead atoms. The molecule has 0 unspecified atom stereocenters. The van der Waals surface area contributed by atoms with E-state index in [1.165, 1.54) is 24.3 Å². The molecule has 3 rings (SSSR count). The maximum atomic E-state index is 12.6. The lowest BCUT2D eigenvalue weighted by Gasteiger charge is -2.27. The van der Waals surface area contributed by atoms with Crippen molar-refractivity contribution in [2.75, 3.05) is 6.61 Å². The third-order valence-corrected chi connectivity index (χ3v) is 5.45. The number of alkyl halides is 3. The van der Waals surface area contributed by atoms with Crippen LogP contribution in [0.3, 0.4) is 0 Å². The Morgan fingerprint density at radius 3 is 1.92 bits per heavy atom. The van der Waals surface area contributed by atoms with Crippen LogP contribution in [0.25, 0.3) is 11.1 Å². The van der Waals surface area contributed by atoms with E-state index in [-0.39, 0.29) is 23.5 Å². The number of halogens is 3. The Morgan fingerprint density at radius 2 is 1.38 bits per heavy atom. The molecule has 0 aromatic heterocycles. The largest absolute Gasteiger partial charge is 0.573 e. The van der Waals surface area contributed by atoms with Crippen LogP contribution in [0.2, 0.25) is 0 Å². The SMILES string of the molecule is CCOC(=O)C(C)(C)Oc1c(Oc2ccc(C(C)(C)C)cc2)cccc1-c1ccc(OC(F)(F)F)cc1. The molecule has 0 radical (unpaired) electrons. The predicted octanol–water partition coefficient (Wildman–Crippen LogP) is 8.06. The lowest BCUT2D eigenvalue weighted by Crippen LogP contribution is -2.40. The summed E-state index contributed by atoms with van der Waals surface area (Å²) in [7, 11) is 0. The molecule has 3 aromatic rings. The number of ether oxygens (including phenoxy) is 4. The second kappa shape index (κ2) is 10.7. The number of carbonyl (C=O) groups is 1. The molecule has 3 aromatic carbocycles. The molecule has 0 saturated heterocycles. The van der Waals surface area contributed by atoms with Gasteiger partial charge in [0.2, 0.25) is 0 Å². The zero-order valence-corrected chi connectivity index (χ0v) is 21.7. The van der Waals surface area contributed by atoms with Gasteiger partial charge in [-0.05, 0) is 67.6 Å². The van der Waals surface area contributed by atoms with Gasteiger partial charge in [-0.2, -0.15) is 0 Å². The Kier molecular flexibility index (Phi) is 8.10. The summed E-state index contributed by atoms with van der Waals surface area (Å²) in [5.41, 5.74) is 0.782. The van der Waals surface area contributed by atoms with E-state index in [4.69, 9.17) is 14.2 Å². The van der Waals surface area contributed by atoms with Crippen LogP contribution in [-0.4, -0.2) is 24.5 Å². The number of hydrogen-bond acceptors (Lipinski definition) is 5. The van der Waals surface area contributed by atoms with Crippen molar-refractivity contribution in [1.82, 2.24) is 0 Å². The molecule has 0 aliphatic carbocycles. The van der Waals surface area contributed by atoms with Crippen LogP contribution in [0.1, 0.15) is 47.1 Å². The lowest BCUT2D eigenvalue weighted by molar-refractivity contribution is -0.274. The molecule has 8 heteroatoms. The van der Waals surface area contributed by atoms with Crippen LogP contribution in [-0.2, 0) is 14.9 Å². The zero-order valence-electron chi connectivity index (χ0n) is 21.7. The molecule has 0 fully saturated rings. The number of rotatable bonds is 8. The molecular weight excluding hydrogens is 485 g/mol. The van der Waals surface area contributed by atoms with Crippen LogP contribution >= 0.6 is 0 Å². The van der Waals surface area contributed by atoms with E-state index in [9.17, 15) is 18.0 Å². The van der Waals surface area contributed by atoms with Gasteiger partial charge >= 0.3 is 12.3 Å². The quantitative estimate of drug-likeness (QED) is 0.284. The number of carbonyl (C=O) groups excluding carboxylic acids is 1. The van der Waals surface area contributed by atoms with Gasteiger partial charge in [0.15, 0.2) is 17.1 Å². The average molecular weight is 517 g/mol. The van der Waals surface area contributed by atoms with Crippen LogP contribution in [0.15, 0.2) is 66.7 Å². The zero-order chi connectivity index (χ0) is 27.4. The third kappa shape index (κ3) is 7.41. The smallest absolute Gasteiger partial charge is 0.472 e. The summed E-state index contributed by atoms with van der Waals surface area (Å²) in [6.45, 7) is 11.4. The van der Waals surface area contributed by atoms with Gasteiger partial charge in [0.05, 0.1) is 6.61 Å². The van der Waals surface area contributed by atoms with Gasteiger partial charge in [-0.3, -0.25) is 0 Å². The molecule has 0 spiro atoms. The van der Waals surface area contributed by atoms with Crippen LogP contribution in [0.5, 0.6) is 23.0 Å². The van der Waals surface area contributed by atoms with Crippen LogP contribution in [0, 0.1) is 0 Å². The van der Waals surface area contributed by atoms with Gasteiger partial charge in [0.1, 0.15) is 11.5 Å². The van der Waals surface area contributed by atoms with Crippen molar-refractivity contribution in [3.63, 3.8) is 0 Å². The van der Waals surface area contributed by atoms with E-state index in [1.54, 1.807) is 39.0 Å². The van der Waals surface area contributed by atoms with E-state index < -0.39 is 17.9 Å². The van der Waals surface area contributed by atoms with Crippen LogP contribution < -0.4 is 14.2 Å². The first-order valence-electron chi connectivity index (χ1n) is 11.8. The van der Waals surface area contributed by atoms with E-state index in [2.05, 4.69) is 25.5 Å². The Labute approximate surface area is 215 Å². The molecule has 0 atom stereocenters. The second-order valence-electron chi connectivity index (χ2n) is 9.91. The highest BCUT2D eigenvalue weighted by Crippen LogP contribution is 2.43. The summed E-state index contributed by atoms with van der Waals surface area (Å²) in [5.74, 6) is 0.202. The maximum Gasteiger partial charge on any atom is 0.573 e. The summed E-state index contributed by atoms with van der Waals surface area (Å²) in [6, 6.07) is 18.2. The summed E-state index contributed by atoms with van der Waals surface area (Å²) < 4.78 is 59.3. The number of hydrogen-bond donors (Lipinski definition) is 0. The van der Waals surface area contributed by atoms with Crippen molar-refractivity contribution >= 4 is 5.97 Å². The van der Waals surface area contributed by atoms with E-state index in [0.29, 0.717) is 22.6 Å². The van der Waals surface area contributed by atoms with Gasteiger partial charge in [0, 0.05) is 5.56 Å². The van der Waals surface area contributed by atoms with Gasteiger partial charge in [-0.25, -0.2) is 4.79 Å². The molecule has 0 amide bonds. The van der Waals surface area contributed by atoms with Gasteiger partial charge in [-0.15, -0.1) is 13.2 Å². The van der Waals surface area contributed by atoms with Crippen molar-refractivity contribution in [3.8, 4) is 34.1 Å². The molecule has 198 valence electrons. The Morgan fingerprint density at radius 1 is 0.784 bits per heavy atom. The highest BCUT2D eigenvalue weighted by Gasteiger charge is 2.34. The van der Waals surface area contributed by atoms with Crippen molar-refractivity contribution < 1.29 is 36.9 Å². The van der Waals surface area contributed by atoms with Crippen molar-refractivity contribution in [1.29, 1.82) is 0 Å². The molecule has 0 N–H and O–H groups in total. The van der Waals surface area contributed by atoms with Gasteiger partial charge < -0.3 is 18.9 Å². The average Bonchev–Trinajstić information content (AvgIpc) is 2.79. The molecule has 0 heterocycles. The summed E-state index contributed by atoms with van der Waals surface area (Å²) in [6.07, 6.45) is -4.80. The molecule has 0 saturated carbocycles. The molecule has 0 aliphatic rings. The van der Waals surface area contributed by atoms with E-state index in [1.807, 2.05) is 24.3 Å². The minimum Gasteiger partial charge on any atom is -0.472 e. The number of benzene rings is 3. The minimum atomic E-state index is -4.80. The monoisotopic (exact) mass is 516 g/mol. The first-order valence-corrected chi connectivity index (χ1v) is 11.8. The Bertz CT molecular complexity index is 1210. The van der Waals surface area contributed by atoms with E-state index >= 15 is 0 Å². The summed E-state index contributed by atoms with van der Waals surface area (Å²) in [4.78, 5) is 12.6. The van der Waals surface area contributed by atoms with Crippen molar-refractivity contribution in [3.05, 3.63) is 72.3 Å². The van der Waals surface area contributed by atoms with Gasteiger partial charge in [-0.1, -0.05) is 57.2 Å². The lowest BCUT2D eigenvalue weighted by atomic mass is 9.87. The standard InChI is InChI=1S/C29H31F3O5/c1-7-34-26(33)28(5,6)37-25-23(19-11-15-22(16-12-19)36-29(30,31)32)9-8-10-24(25)35-21-17-13-20(14-18-21)27(2,3)4/h8-18H,7H2,1-6H3. The third-order valence-electron chi connectivity index (χ3n) is 5.45. The number of esters is 1. The molecule has 0 aliphatic heterocycles. The summed E-state index contributed by atoms with van der Waals surface area (Å²) >= 11 is 0. The summed E-state index contributed by atoms with van der Waals surface area (Å²) in [5, 5.41) is 0. The first kappa shape index (κ1) is 27.9. The highest BCUT2D eigenvalue weighted by atomic mass is 19.4. The normalized spacial score (nSPS) is 12.1. The maximum absolute atomic E-state index is 12.6. The Balaban J connectivity index is 2.04. The fraction of sp³-hybridized carbons (Fsp3) is 0.345. The molecular formula is C29H31F3O5. The predicted molar refractivity (Wildman–Crippen MR) is 135 cm³/mol. The Hall–Kier alpha value is -3.68. The second-order valence-corrected chi connectivity index (χ2v) is 9.91. The minimum absolute atomic E-state index is 0.0294. The first-order chi connectivity index (χ1) is 17.2. The molecule has 5 nitrogen and oxygen atoms in total. The van der Waals surface area contributed by atoms with E-state index in [0.717, 1.165) is 5.56 Å². The number of para-hydroxylation sites is 1. The van der Waals surface area contributed by atoms with Crippen molar-refractivity contribution in [2.45, 2.75) is 58.9 Å². The van der Waals surface area contributed by atoms with Gasteiger partial charge in [0.25, 0.3) is 0 Å². The fourth-order valence-electron chi connectivity index (χ4n) is 3.52. The van der Waals surface area contributed by atoms with Crippen LogP contribution in [0.4, 0.5) is 13.2 Å². The highest BCUT2D eigenvalue weighted by molar-refractivity contribution is 5.81. The molecule has 37 heavy (non-hydrogen) atoms.